The molecule has 0 aromatic carbocycles. The zero-order valence-corrected chi connectivity index (χ0v) is 11.7. The number of nitrogens with one attached hydrogen (secondary N) is 1. The smallest absolute Gasteiger partial charge is 0.329 e. The first kappa shape index (κ1) is 12.7. The Morgan fingerprint density at radius 1 is 1.47 bits per heavy atom. The van der Waals surface area contributed by atoms with E-state index < -0.39 is 11.5 Å². The second-order valence-corrected chi connectivity index (χ2v) is 6.70. The van der Waals surface area contributed by atoms with E-state index in [4.69, 9.17) is 5.11 Å². The Kier molecular flexibility index (Phi) is 2.89. The molecule has 0 radical (unpaired) electrons. The van der Waals surface area contributed by atoms with Crippen molar-refractivity contribution in [3.63, 3.8) is 0 Å². The number of aliphatic carboxylic acids is 1. The van der Waals surface area contributed by atoms with E-state index in [0.29, 0.717) is 24.3 Å². The maximum absolute atomic E-state index is 12.3. The lowest BCUT2D eigenvalue weighted by molar-refractivity contribution is -0.140. The number of hydrogen-bond acceptors (Lipinski definition) is 3. The monoisotopic (exact) mass is 279 g/mol. The highest BCUT2D eigenvalue weighted by molar-refractivity contribution is 7.10. The van der Waals surface area contributed by atoms with Gasteiger partial charge in [0.25, 0.3) is 5.91 Å². The van der Waals surface area contributed by atoms with Gasteiger partial charge in [-0.2, -0.15) is 0 Å². The molecule has 102 valence electrons. The Balaban J connectivity index is 1.80. The predicted molar refractivity (Wildman–Crippen MR) is 72.6 cm³/mol. The summed E-state index contributed by atoms with van der Waals surface area (Å²) in [5, 5.41) is 13.7. The van der Waals surface area contributed by atoms with E-state index in [9.17, 15) is 9.59 Å². The molecule has 1 saturated carbocycles. The minimum atomic E-state index is -0.992. The molecule has 1 heterocycles. The van der Waals surface area contributed by atoms with Crippen molar-refractivity contribution in [3.05, 3.63) is 21.4 Å². The second kappa shape index (κ2) is 4.34. The molecule has 4 nitrogen and oxygen atoms in total. The highest BCUT2D eigenvalue weighted by Gasteiger charge is 2.51. The van der Waals surface area contributed by atoms with Crippen LogP contribution in [0.25, 0.3) is 0 Å². The van der Waals surface area contributed by atoms with Gasteiger partial charge in [-0.15, -0.1) is 11.3 Å². The van der Waals surface area contributed by atoms with Crippen molar-refractivity contribution >= 4 is 23.2 Å². The molecule has 0 aliphatic heterocycles. The number of thiophene rings is 1. The third-order valence-electron chi connectivity index (χ3n) is 4.16. The van der Waals surface area contributed by atoms with Gasteiger partial charge in [0.1, 0.15) is 5.54 Å². The summed E-state index contributed by atoms with van der Waals surface area (Å²) in [7, 11) is 0. The fourth-order valence-electron chi connectivity index (χ4n) is 2.67. The molecule has 3 rings (SSSR count). The fraction of sp³-hybridized carbons (Fsp3) is 0.571. The van der Waals surface area contributed by atoms with Crippen LogP contribution in [0.4, 0.5) is 0 Å². The van der Waals surface area contributed by atoms with Crippen molar-refractivity contribution in [3.8, 4) is 0 Å². The summed E-state index contributed by atoms with van der Waals surface area (Å²) in [6.07, 6.45) is 4.16. The molecule has 0 saturated heterocycles. The van der Waals surface area contributed by atoms with E-state index in [1.807, 2.05) is 5.38 Å². The average Bonchev–Trinajstić information content (AvgIpc) is 3.02. The lowest BCUT2D eigenvalue weighted by Gasteiger charge is -2.19. The van der Waals surface area contributed by atoms with Gasteiger partial charge in [0.15, 0.2) is 0 Å². The largest absolute Gasteiger partial charge is 0.480 e. The highest BCUT2D eigenvalue weighted by Crippen LogP contribution is 2.37. The van der Waals surface area contributed by atoms with Crippen molar-refractivity contribution < 1.29 is 14.7 Å². The summed E-state index contributed by atoms with van der Waals surface area (Å²) in [5.41, 5.74) is 0.842. The molecule has 0 bridgehead atoms. The molecule has 2 aliphatic carbocycles. The topological polar surface area (TPSA) is 66.4 Å². The van der Waals surface area contributed by atoms with Gasteiger partial charge < -0.3 is 10.4 Å². The number of carbonyl (C=O) groups excluding carboxylic acids is 1. The Labute approximate surface area is 115 Å². The van der Waals surface area contributed by atoms with E-state index in [-0.39, 0.29) is 5.91 Å². The van der Waals surface area contributed by atoms with Gasteiger partial charge in [0.05, 0.1) is 5.56 Å². The third kappa shape index (κ3) is 2.16. The average molecular weight is 279 g/mol. The Morgan fingerprint density at radius 3 is 2.84 bits per heavy atom. The van der Waals surface area contributed by atoms with Crippen molar-refractivity contribution in [1.82, 2.24) is 5.32 Å². The molecule has 1 fully saturated rings. The lowest BCUT2D eigenvalue weighted by Crippen LogP contribution is -2.43. The van der Waals surface area contributed by atoms with Gasteiger partial charge in [0.2, 0.25) is 0 Å². The molecule has 2 N–H and O–H groups in total. The summed E-state index contributed by atoms with van der Waals surface area (Å²) >= 11 is 1.63. The normalized spacial score (nSPS) is 23.5. The van der Waals surface area contributed by atoms with E-state index in [2.05, 4.69) is 12.2 Å². The van der Waals surface area contributed by atoms with Crippen LogP contribution in [0, 0.1) is 5.92 Å². The lowest BCUT2D eigenvalue weighted by atomic mass is 9.88. The van der Waals surface area contributed by atoms with E-state index in [1.165, 1.54) is 4.88 Å². The number of amides is 1. The Bertz CT molecular complexity index is 545. The quantitative estimate of drug-likeness (QED) is 0.891. The fourth-order valence-corrected chi connectivity index (χ4v) is 3.91. The summed E-state index contributed by atoms with van der Waals surface area (Å²) in [6, 6.07) is 0. The zero-order chi connectivity index (χ0) is 13.6. The highest BCUT2D eigenvalue weighted by atomic mass is 32.1. The summed E-state index contributed by atoms with van der Waals surface area (Å²) < 4.78 is 0. The van der Waals surface area contributed by atoms with E-state index >= 15 is 0 Å². The number of rotatable bonds is 3. The zero-order valence-electron chi connectivity index (χ0n) is 10.9. The van der Waals surface area contributed by atoms with Crippen LogP contribution >= 0.6 is 11.3 Å². The number of fused-ring (bicyclic) bond motifs is 1. The number of hydrogen-bond donors (Lipinski definition) is 2. The first-order valence-electron chi connectivity index (χ1n) is 6.67. The van der Waals surface area contributed by atoms with Gasteiger partial charge in [-0.3, -0.25) is 4.79 Å². The summed E-state index contributed by atoms with van der Waals surface area (Å²) in [6.45, 7) is 2.23. The second-order valence-electron chi connectivity index (χ2n) is 5.74. The van der Waals surface area contributed by atoms with Gasteiger partial charge in [-0.1, -0.05) is 6.92 Å². The summed E-state index contributed by atoms with van der Waals surface area (Å²) in [4.78, 5) is 24.7. The van der Waals surface area contributed by atoms with Crippen LogP contribution in [0.2, 0.25) is 0 Å². The van der Waals surface area contributed by atoms with Crippen LogP contribution in [0.1, 0.15) is 47.0 Å². The van der Waals surface area contributed by atoms with Crippen molar-refractivity contribution in [1.29, 1.82) is 0 Å². The number of carboxylic acids is 1. The van der Waals surface area contributed by atoms with Crippen molar-refractivity contribution in [2.75, 3.05) is 0 Å². The van der Waals surface area contributed by atoms with Crippen LogP contribution < -0.4 is 5.32 Å². The van der Waals surface area contributed by atoms with Crippen molar-refractivity contribution in [2.24, 2.45) is 5.92 Å². The molecule has 1 atom stereocenters. The van der Waals surface area contributed by atoms with Crippen LogP contribution in [-0.2, 0) is 17.6 Å². The van der Waals surface area contributed by atoms with Gasteiger partial charge >= 0.3 is 5.97 Å². The van der Waals surface area contributed by atoms with Gasteiger partial charge in [-0.05, 0) is 43.6 Å². The standard InChI is InChI=1S/C14H17NO3S/c1-8-2-3-9-10(7-19-11(9)6-8)12(16)15-14(4-5-14)13(17)18/h7-8H,2-6H2,1H3,(H,15,16)(H,17,18). The van der Waals surface area contributed by atoms with E-state index in [1.54, 1.807) is 11.3 Å². The third-order valence-corrected chi connectivity index (χ3v) is 5.21. The number of carboxylic acid groups (broad SMARTS) is 1. The van der Waals surface area contributed by atoms with Crippen LogP contribution in [0.15, 0.2) is 5.38 Å². The van der Waals surface area contributed by atoms with Crippen LogP contribution in [0.3, 0.4) is 0 Å². The molecule has 5 heteroatoms. The van der Waals surface area contributed by atoms with Gasteiger partial charge in [0, 0.05) is 10.3 Å². The SMILES string of the molecule is CC1CCc2c(C(=O)NC3(C(=O)O)CC3)csc2C1. The van der Waals surface area contributed by atoms with Crippen molar-refractivity contribution in [2.45, 2.75) is 44.6 Å². The molecule has 1 aromatic rings. The molecule has 1 amide bonds. The Morgan fingerprint density at radius 2 is 2.21 bits per heavy atom. The first-order valence-corrected chi connectivity index (χ1v) is 7.55. The first-order chi connectivity index (χ1) is 9.02. The molecular weight excluding hydrogens is 262 g/mol. The minimum absolute atomic E-state index is 0.216. The molecule has 1 unspecified atom stereocenters. The van der Waals surface area contributed by atoms with Crippen LogP contribution in [-0.4, -0.2) is 22.5 Å². The van der Waals surface area contributed by atoms with Crippen LogP contribution in [0.5, 0.6) is 0 Å². The predicted octanol–water partition coefficient (Wildman–Crippen LogP) is 2.22. The molecule has 0 spiro atoms. The Hall–Kier alpha value is -1.36. The van der Waals surface area contributed by atoms with E-state index in [0.717, 1.165) is 24.8 Å². The number of carbonyl (C=O) groups is 2. The maximum atomic E-state index is 12.3. The maximum Gasteiger partial charge on any atom is 0.329 e. The summed E-state index contributed by atoms with van der Waals surface area (Å²) in [5.74, 6) is -0.457. The molecule has 1 aromatic heterocycles. The molecule has 19 heavy (non-hydrogen) atoms. The molecule has 2 aliphatic rings. The molecular formula is C14H17NO3S. The minimum Gasteiger partial charge on any atom is -0.480 e. The van der Waals surface area contributed by atoms with Gasteiger partial charge in [-0.25, -0.2) is 4.79 Å².